The van der Waals surface area contributed by atoms with Gasteiger partial charge in [0.1, 0.15) is 5.82 Å². The van der Waals surface area contributed by atoms with Crippen LogP contribution >= 0.6 is 0 Å². The fraction of sp³-hybridized carbons (Fsp3) is 0.500. The normalized spacial score (nSPS) is 17.4. The molecule has 0 heterocycles. The SMILES string of the molecule is Cc1ccc(F)c(C(=O)NC(C)C2CCC2)c1. The lowest BCUT2D eigenvalue weighted by Crippen LogP contribution is -2.41. The number of carbonyl (C=O) groups is 1. The van der Waals surface area contributed by atoms with E-state index < -0.39 is 5.82 Å². The molecule has 3 heteroatoms. The lowest BCUT2D eigenvalue weighted by Gasteiger charge is -2.31. The standard InChI is InChI=1S/C14H18FNO/c1-9-6-7-13(15)12(8-9)14(17)16-10(2)11-4-3-5-11/h6-8,10-11H,3-5H2,1-2H3,(H,16,17). The largest absolute Gasteiger partial charge is 0.349 e. The van der Waals surface area contributed by atoms with E-state index in [4.69, 9.17) is 0 Å². The molecule has 2 nitrogen and oxygen atoms in total. The van der Waals surface area contributed by atoms with E-state index in [2.05, 4.69) is 5.32 Å². The van der Waals surface area contributed by atoms with E-state index in [1.54, 1.807) is 12.1 Å². The molecule has 0 aliphatic heterocycles. The fourth-order valence-electron chi connectivity index (χ4n) is 2.16. The Hall–Kier alpha value is -1.38. The molecule has 0 radical (unpaired) electrons. The molecule has 0 spiro atoms. The molecule has 17 heavy (non-hydrogen) atoms. The summed E-state index contributed by atoms with van der Waals surface area (Å²) in [5.41, 5.74) is 1.05. The summed E-state index contributed by atoms with van der Waals surface area (Å²) in [7, 11) is 0. The summed E-state index contributed by atoms with van der Waals surface area (Å²) < 4.78 is 13.5. The molecule has 1 saturated carbocycles. The third-order valence-corrected chi connectivity index (χ3v) is 3.58. The zero-order chi connectivity index (χ0) is 12.4. The predicted molar refractivity (Wildman–Crippen MR) is 65.4 cm³/mol. The minimum Gasteiger partial charge on any atom is -0.349 e. The molecule has 0 aromatic heterocycles. The molecule has 1 unspecified atom stereocenters. The molecular formula is C14H18FNO. The van der Waals surface area contributed by atoms with Gasteiger partial charge in [0.05, 0.1) is 5.56 Å². The van der Waals surface area contributed by atoms with E-state index in [0.29, 0.717) is 5.92 Å². The molecule has 92 valence electrons. The maximum absolute atomic E-state index is 13.5. The van der Waals surface area contributed by atoms with Gasteiger partial charge in [-0.2, -0.15) is 0 Å². The topological polar surface area (TPSA) is 29.1 Å². The van der Waals surface area contributed by atoms with Crippen molar-refractivity contribution < 1.29 is 9.18 Å². The smallest absolute Gasteiger partial charge is 0.254 e. The molecule has 1 amide bonds. The molecule has 1 aliphatic carbocycles. The van der Waals surface area contributed by atoms with Gasteiger partial charge in [0, 0.05) is 6.04 Å². The van der Waals surface area contributed by atoms with Gasteiger partial charge in [-0.05, 0) is 44.7 Å². The maximum Gasteiger partial charge on any atom is 0.254 e. The quantitative estimate of drug-likeness (QED) is 0.857. The summed E-state index contributed by atoms with van der Waals surface area (Å²) in [5.74, 6) is -0.189. The van der Waals surface area contributed by atoms with Crippen molar-refractivity contribution in [2.75, 3.05) is 0 Å². The molecule has 0 saturated heterocycles. The minimum absolute atomic E-state index is 0.135. The van der Waals surface area contributed by atoms with Crippen molar-refractivity contribution >= 4 is 5.91 Å². The minimum atomic E-state index is -0.450. The van der Waals surface area contributed by atoms with Crippen molar-refractivity contribution in [3.05, 3.63) is 35.1 Å². The summed E-state index contributed by atoms with van der Waals surface area (Å²) >= 11 is 0. The summed E-state index contributed by atoms with van der Waals surface area (Å²) in [6, 6.07) is 4.74. The predicted octanol–water partition coefficient (Wildman–Crippen LogP) is 3.05. The van der Waals surface area contributed by atoms with Crippen LogP contribution in [0.1, 0.15) is 42.1 Å². The van der Waals surface area contributed by atoms with Gasteiger partial charge in [-0.15, -0.1) is 0 Å². The van der Waals surface area contributed by atoms with Crippen LogP contribution in [0, 0.1) is 18.7 Å². The Bertz CT molecular complexity index is 426. The van der Waals surface area contributed by atoms with Gasteiger partial charge in [0.2, 0.25) is 0 Å². The lowest BCUT2D eigenvalue weighted by molar-refractivity contribution is 0.0905. The highest BCUT2D eigenvalue weighted by Gasteiger charge is 2.25. The van der Waals surface area contributed by atoms with Gasteiger partial charge in [-0.25, -0.2) is 4.39 Å². The number of rotatable bonds is 3. The molecule has 1 N–H and O–H groups in total. The first-order chi connectivity index (χ1) is 8.08. The van der Waals surface area contributed by atoms with Crippen molar-refractivity contribution in [2.45, 2.75) is 39.2 Å². The van der Waals surface area contributed by atoms with Crippen molar-refractivity contribution in [1.82, 2.24) is 5.32 Å². The number of halogens is 1. The monoisotopic (exact) mass is 235 g/mol. The highest BCUT2D eigenvalue weighted by atomic mass is 19.1. The van der Waals surface area contributed by atoms with Crippen LogP contribution in [-0.4, -0.2) is 11.9 Å². The fourth-order valence-corrected chi connectivity index (χ4v) is 2.16. The van der Waals surface area contributed by atoms with Gasteiger partial charge < -0.3 is 5.32 Å². The first-order valence-electron chi connectivity index (χ1n) is 6.15. The van der Waals surface area contributed by atoms with Crippen LogP contribution in [-0.2, 0) is 0 Å². The van der Waals surface area contributed by atoms with Gasteiger partial charge in [0.25, 0.3) is 5.91 Å². The van der Waals surface area contributed by atoms with Crippen LogP contribution in [0.15, 0.2) is 18.2 Å². The second-order valence-corrected chi connectivity index (χ2v) is 4.94. The van der Waals surface area contributed by atoms with Crippen LogP contribution < -0.4 is 5.32 Å². The van der Waals surface area contributed by atoms with Crippen LogP contribution in [0.25, 0.3) is 0 Å². The zero-order valence-corrected chi connectivity index (χ0v) is 10.3. The van der Waals surface area contributed by atoms with Crippen molar-refractivity contribution in [3.8, 4) is 0 Å². The van der Waals surface area contributed by atoms with E-state index in [0.717, 1.165) is 18.4 Å². The summed E-state index contributed by atoms with van der Waals surface area (Å²) in [6.45, 7) is 3.85. The number of hydrogen-bond acceptors (Lipinski definition) is 1. The highest BCUT2D eigenvalue weighted by Crippen LogP contribution is 2.29. The Labute approximate surface area is 101 Å². The lowest BCUT2D eigenvalue weighted by atomic mass is 9.80. The van der Waals surface area contributed by atoms with E-state index in [1.165, 1.54) is 12.5 Å². The van der Waals surface area contributed by atoms with Gasteiger partial charge in [0.15, 0.2) is 0 Å². The third-order valence-electron chi connectivity index (χ3n) is 3.58. The summed E-state index contributed by atoms with van der Waals surface area (Å²) in [6.07, 6.45) is 3.57. The van der Waals surface area contributed by atoms with Crippen LogP contribution in [0.3, 0.4) is 0 Å². The number of benzene rings is 1. The van der Waals surface area contributed by atoms with Crippen LogP contribution in [0.2, 0.25) is 0 Å². The Morgan fingerprint density at radius 3 is 2.76 bits per heavy atom. The summed E-state index contributed by atoms with van der Waals surface area (Å²) in [4.78, 5) is 11.9. The Balaban J connectivity index is 2.05. The number of nitrogens with one attached hydrogen (secondary N) is 1. The van der Waals surface area contributed by atoms with E-state index >= 15 is 0 Å². The van der Waals surface area contributed by atoms with Gasteiger partial charge in [-0.3, -0.25) is 4.79 Å². The van der Waals surface area contributed by atoms with Crippen molar-refractivity contribution in [2.24, 2.45) is 5.92 Å². The van der Waals surface area contributed by atoms with Crippen molar-refractivity contribution in [1.29, 1.82) is 0 Å². The number of aryl methyl sites for hydroxylation is 1. The first kappa shape index (κ1) is 12.1. The Kier molecular flexibility index (Phi) is 3.46. The molecule has 1 aliphatic rings. The molecule has 1 aromatic carbocycles. The molecule has 2 rings (SSSR count). The molecule has 1 aromatic rings. The Morgan fingerprint density at radius 1 is 1.47 bits per heavy atom. The molecule has 1 fully saturated rings. The van der Waals surface area contributed by atoms with E-state index in [9.17, 15) is 9.18 Å². The number of amides is 1. The maximum atomic E-state index is 13.5. The molecule has 0 bridgehead atoms. The van der Waals surface area contributed by atoms with E-state index in [-0.39, 0.29) is 17.5 Å². The van der Waals surface area contributed by atoms with Crippen LogP contribution in [0.5, 0.6) is 0 Å². The second-order valence-electron chi connectivity index (χ2n) is 4.94. The number of hydrogen-bond donors (Lipinski definition) is 1. The molecule has 1 atom stereocenters. The van der Waals surface area contributed by atoms with E-state index in [1.807, 2.05) is 13.8 Å². The second kappa shape index (κ2) is 4.86. The van der Waals surface area contributed by atoms with Gasteiger partial charge in [-0.1, -0.05) is 18.1 Å². The van der Waals surface area contributed by atoms with Crippen molar-refractivity contribution in [3.63, 3.8) is 0 Å². The highest BCUT2D eigenvalue weighted by molar-refractivity contribution is 5.94. The third kappa shape index (κ3) is 2.65. The first-order valence-corrected chi connectivity index (χ1v) is 6.15. The average Bonchev–Trinajstić information content (AvgIpc) is 2.18. The zero-order valence-electron chi connectivity index (χ0n) is 10.3. The summed E-state index contributed by atoms with van der Waals surface area (Å²) in [5, 5.41) is 2.89. The van der Waals surface area contributed by atoms with Crippen LogP contribution in [0.4, 0.5) is 4.39 Å². The Morgan fingerprint density at radius 2 is 2.18 bits per heavy atom. The van der Waals surface area contributed by atoms with Gasteiger partial charge >= 0.3 is 0 Å². The average molecular weight is 235 g/mol. The number of carbonyl (C=O) groups excluding carboxylic acids is 1. The molecular weight excluding hydrogens is 217 g/mol.